The molecule has 0 aromatic carbocycles. The maximum Gasteiger partial charge on any atom is 0.200 e. The molecule has 1 atom stereocenters. The topological polar surface area (TPSA) is 58.3 Å². The van der Waals surface area contributed by atoms with Crippen LogP contribution in [0.15, 0.2) is 12.4 Å². The molecular formula is C17H28N6. The molecule has 3 heterocycles. The van der Waals surface area contributed by atoms with Crippen LogP contribution < -0.4 is 5.32 Å². The van der Waals surface area contributed by atoms with Crippen molar-refractivity contribution < 1.29 is 0 Å². The average molecular weight is 316 g/mol. The van der Waals surface area contributed by atoms with Crippen molar-refractivity contribution in [1.29, 1.82) is 0 Å². The van der Waals surface area contributed by atoms with E-state index < -0.39 is 0 Å². The van der Waals surface area contributed by atoms with E-state index >= 15 is 0 Å². The highest BCUT2D eigenvalue weighted by atomic mass is 15.3. The molecule has 1 aliphatic heterocycles. The lowest BCUT2D eigenvalue weighted by atomic mass is 9.98. The Hall–Kier alpha value is -1.69. The third-order valence-electron chi connectivity index (χ3n) is 4.53. The van der Waals surface area contributed by atoms with E-state index in [1.165, 1.54) is 38.8 Å². The Labute approximate surface area is 138 Å². The van der Waals surface area contributed by atoms with Crippen LogP contribution in [0, 0.1) is 12.8 Å². The van der Waals surface area contributed by atoms with Crippen molar-refractivity contribution in [3.8, 4) is 0 Å². The highest BCUT2D eigenvalue weighted by Gasteiger charge is 2.22. The number of fused-ring (bicyclic) bond motifs is 1. The van der Waals surface area contributed by atoms with Gasteiger partial charge in [-0.1, -0.05) is 20.3 Å². The summed E-state index contributed by atoms with van der Waals surface area (Å²) in [6.07, 6.45) is 6.86. The van der Waals surface area contributed by atoms with Gasteiger partial charge in [-0.2, -0.15) is 9.61 Å². The van der Waals surface area contributed by atoms with Crippen molar-refractivity contribution in [3.63, 3.8) is 0 Å². The molecule has 0 saturated carbocycles. The number of nitrogens with zero attached hydrogens (tertiary/aromatic N) is 5. The third kappa shape index (κ3) is 3.99. The maximum absolute atomic E-state index is 4.38. The summed E-state index contributed by atoms with van der Waals surface area (Å²) in [4.78, 5) is 2.68. The molecule has 1 fully saturated rings. The molecule has 0 radical (unpaired) electrons. The lowest BCUT2D eigenvalue weighted by molar-refractivity contribution is 0.127. The molecule has 6 nitrogen and oxygen atoms in total. The number of anilines is 1. The molecule has 23 heavy (non-hydrogen) atoms. The fraction of sp³-hybridized carbons (Fsp3) is 0.706. The second kappa shape index (κ2) is 7.25. The molecule has 1 N–H and O–H groups in total. The minimum absolute atomic E-state index is 0.704. The smallest absolute Gasteiger partial charge is 0.200 e. The number of likely N-dealkylation sites (tertiary alicyclic amines) is 1. The second-order valence-electron chi connectivity index (χ2n) is 7.05. The van der Waals surface area contributed by atoms with E-state index in [0.29, 0.717) is 6.04 Å². The number of hydrogen-bond acceptors (Lipinski definition) is 5. The second-order valence-corrected chi connectivity index (χ2v) is 7.05. The predicted molar refractivity (Wildman–Crippen MR) is 92.7 cm³/mol. The highest BCUT2D eigenvalue weighted by Crippen LogP contribution is 2.21. The van der Waals surface area contributed by atoms with E-state index in [0.717, 1.165) is 29.5 Å². The Morgan fingerprint density at radius 3 is 3.04 bits per heavy atom. The summed E-state index contributed by atoms with van der Waals surface area (Å²) in [5.74, 6) is 0.738. The van der Waals surface area contributed by atoms with Gasteiger partial charge in [-0.3, -0.25) is 0 Å². The first-order valence-electron chi connectivity index (χ1n) is 8.79. The van der Waals surface area contributed by atoms with Gasteiger partial charge in [-0.25, -0.2) is 0 Å². The lowest BCUT2D eigenvalue weighted by Crippen LogP contribution is -2.42. The van der Waals surface area contributed by atoms with Gasteiger partial charge >= 0.3 is 0 Å². The van der Waals surface area contributed by atoms with Gasteiger partial charge in [-0.15, -0.1) is 10.2 Å². The van der Waals surface area contributed by atoms with Crippen LogP contribution in [0.4, 0.5) is 5.69 Å². The quantitative estimate of drug-likeness (QED) is 0.888. The third-order valence-corrected chi connectivity index (χ3v) is 4.53. The number of aryl methyl sites for hydroxylation is 1. The van der Waals surface area contributed by atoms with Crippen LogP contribution >= 0.6 is 0 Å². The van der Waals surface area contributed by atoms with E-state index in [-0.39, 0.29) is 0 Å². The number of aromatic nitrogens is 4. The van der Waals surface area contributed by atoms with E-state index in [2.05, 4.69) is 45.4 Å². The SMILES string of the molecule is Cc1cc(NCCC2CCCCN2CC(C)C)c2nncn2n1. The van der Waals surface area contributed by atoms with Crippen LogP contribution in [0.5, 0.6) is 0 Å². The van der Waals surface area contributed by atoms with Crippen LogP contribution in [0.1, 0.15) is 45.2 Å². The number of hydrogen-bond donors (Lipinski definition) is 1. The van der Waals surface area contributed by atoms with Crippen molar-refractivity contribution in [3.05, 3.63) is 18.1 Å². The lowest BCUT2D eigenvalue weighted by Gasteiger charge is -2.37. The van der Waals surface area contributed by atoms with Gasteiger partial charge in [0, 0.05) is 19.1 Å². The van der Waals surface area contributed by atoms with Crippen LogP contribution in [-0.4, -0.2) is 50.4 Å². The van der Waals surface area contributed by atoms with E-state index in [4.69, 9.17) is 0 Å². The van der Waals surface area contributed by atoms with Gasteiger partial charge in [0.05, 0.1) is 11.4 Å². The summed E-state index contributed by atoms with van der Waals surface area (Å²) in [6, 6.07) is 2.76. The normalized spacial score (nSPS) is 19.6. The van der Waals surface area contributed by atoms with Crippen molar-refractivity contribution in [2.24, 2.45) is 5.92 Å². The zero-order valence-electron chi connectivity index (χ0n) is 14.5. The monoisotopic (exact) mass is 316 g/mol. The first kappa shape index (κ1) is 16.2. The molecule has 3 rings (SSSR count). The van der Waals surface area contributed by atoms with Crippen LogP contribution in [0.2, 0.25) is 0 Å². The first-order chi connectivity index (χ1) is 11.1. The maximum atomic E-state index is 4.38. The summed E-state index contributed by atoms with van der Waals surface area (Å²) in [7, 11) is 0. The molecule has 126 valence electrons. The molecule has 2 aromatic rings. The summed E-state index contributed by atoms with van der Waals surface area (Å²) in [5, 5.41) is 16.0. The van der Waals surface area contributed by atoms with E-state index in [9.17, 15) is 0 Å². The van der Waals surface area contributed by atoms with Crippen molar-refractivity contribution >= 4 is 11.3 Å². The average Bonchev–Trinajstić information content (AvgIpc) is 2.96. The van der Waals surface area contributed by atoms with Crippen molar-refractivity contribution in [2.75, 3.05) is 25.0 Å². The van der Waals surface area contributed by atoms with Gasteiger partial charge < -0.3 is 10.2 Å². The Bertz CT molecular complexity index is 635. The minimum atomic E-state index is 0.704. The van der Waals surface area contributed by atoms with Gasteiger partial charge in [0.2, 0.25) is 5.65 Å². The molecule has 0 spiro atoms. The highest BCUT2D eigenvalue weighted by molar-refractivity contribution is 5.66. The molecule has 1 saturated heterocycles. The van der Waals surface area contributed by atoms with Crippen molar-refractivity contribution in [1.82, 2.24) is 24.7 Å². The van der Waals surface area contributed by atoms with Gasteiger partial charge in [-0.05, 0) is 44.7 Å². The van der Waals surface area contributed by atoms with Crippen LogP contribution in [0.3, 0.4) is 0 Å². The largest absolute Gasteiger partial charge is 0.382 e. The zero-order chi connectivity index (χ0) is 16.2. The summed E-state index contributed by atoms with van der Waals surface area (Å²) >= 11 is 0. The summed E-state index contributed by atoms with van der Waals surface area (Å²) < 4.78 is 1.74. The van der Waals surface area contributed by atoms with Crippen molar-refractivity contribution in [2.45, 2.75) is 52.5 Å². The molecule has 6 heteroatoms. The molecule has 0 aliphatic carbocycles. The molecule has 0 bridgehead atoms. The van der Waals surface area contributed by atoms with E-state index in [1.807, 2.05) is 6.92 Å². The molecule has 1 unspecified atom stereocenters. The fourth-order valence-corrected chi connectivity index (χ4v) is 3.55. The minimum Gasteiger partial charge on any atom is -0.382 e. The first-order valence-corrected chi connectivity index (χ1v) is 8.79. The van der Waals surface area contributed by atoms with Gasteiger partial charge in [0.25, 0.3) is 0 Å². The molecule has 2 aromatic heterocycles. The zero-order valence-corrected chi connectivity index (χ0v) is 14.5. The number of piperidine rings is 1. The molecular weight excluding hydrogens is 288 g/mol. The fourth-order valence-electron chi connectivity index (χ4n) is 3.55. The van der Waals surface area contributed by atoms with Crippen LogP contribution in [-0.2, 0) is 0 Å². The summed E-state index contributed by atoms with van der Waals surface area (Å²) in [6.45, 7) is 10.1. The molecule has 1 aliphatic rings. The Morgan fingerprint density at radius 1 is 1.35 bits per heavy atom. The predicted octanol–water partition coefficient (Wildman–Crippen LogP) is 2.75. The van der Waals surface area contributed by atoms with Gasteiger partial charge in [0.1, 0.15) is 6.33 Å². The Morgan fingerprint density at radius 2 is 2.22 bits per heavy atom. The van der Waals surface area contributed by atoms with E-state index in [1.54, 1.807) is 10.8 Å². The van der Waals surface area contributed by atoms with Gasteiger partial charge in [0.15, 0.2) is 0 Å². The Kier molecular flexibility index (Phi) is 5.10. The number of nitrogens with one attached hydrogen (secondary N) is 1. The molecule has 0 amide bonds. The Balaban J connectivity index is 1.60. The standard InChI is InChI=1S/C17H28N6/c1-13(2)11-22-9-5-4-6-15(22)7-8-18-16-10-14(3)21-23-12-19-20-17(16)23/h10,12-13,15,18H,4-9,11H2,1-3H3. The number of rotatable bonds is 6. The van der Waals surface area contributed by atoms with Crippen LogP contribution in [0.25, 0.3) is 5.65 Å². The summed E-state index contributed by atoms with van der Waals surface area (Å²) in [5.41, 5.74) is 2.80.